The van der Waals surface area contributed by atoms with Gasteiger partial charge in [0.05, 0.1) is 10.5 Å². The van der Waals surface area contributed by atoms with E-state index in [1.165, 1.54) is 23.9 Å². The van der Waals surface area contributed by atoms with Gasteiger partial charge in [-0.05, 0) is 6.07 Å². The zero-order chi connectivity index (χ0) is 10.8. The Bertz CT molecular complexity index is 476. The largest absolute Gasteiger partial charge is 0.302 e. The summed E-state index contributed by atoms with van der Waals surface area (Å²) in [6, 6.07) is 2.90. The average Bonchev–Trinajstić information content (AvgIpc) is 2.65. The number of nitrogens with zero attached hydrogens (tertiary/aromatic N) is 4. The molecule has 6 nitrogen and oxygen atoms in total. The van der Waals surface area contributed by atoms with Crippen LogP contribution in [0.3, 0.4) is 0 Å². The summed E-state index contributed by atoms with van der Waals surface area (Å²) in [5.41, 5.74) is 0.782. The summed E-state index contributed by atoms with van der Waals surface area (Å²) in [5, 5.41) is 11.0. The Hall–Kier alpha value is -1.34. The van der Waals surface area contributed by atoms with Crippen LogP contribution in [-0.4, -0.2) is 21.1 Å². The highest BCUT2D eigenvalue weighted by Gasteiger charge is 2.20. The minimum atomic E-state index is -0.804. The molecule has 0 radical (unpaired) electrons. The number of aliphatic imine (C=N–C) groups is 1. The Balaban J connectivity index is 2.49. The Morgan fingerprint density at radius 1 is 1.60 bits per heavy atom. The van der Waals surface area contributed by atoms with Crippen molar-refractivity contribution in [1.82, 2.24) is 4.98 Å². The smallest absolute Gasteiger partial charge is 0.258 e. The fourth-order valence-electron chi connectivity index (χ4n) is 1.04. The summed E-state index contributed by atoms with van der Waals surface area (Å²) in [6.07, 6.45) is 1.49. The van der Waals surface area contributed by atoms with Crippen LogP contribution in [-0.2, 0) is 10.7 Å². The van der Waals surface area contributed by atoms with Crippen LogP contribution in [0.15, 0.2) is 32.7 Å². The van der Waals surface area contributed by atoms with Crippen molar-refractivity contribution in [2.24, 2.45) is 9.36 Å². The molecule has 2 rings (SSSR count). The second-order valence-corrected chi connectivity index (χ2v) is 4.40. The first-order chi connectivity index (χ1) is 7.18. The first kappa shape index (κ1) is 10.2. The lowest BCUT2D eigenvalue weighted by molar-refractivity contribution is -0.388. The predicted molar refractivity (Wildman–Crippen MR) is 57.1 cm³/mol. The normalized spacial score (nSPS) is 23.8. The molecule has 0 fully saturated rings. The minimum Gasteiger partial charge on any atom is -0.258 e. The van der Waals surface area contributed by atoms with Crippen LogP contribution in [0, 0.1) is 10.1 Å². The van der Waals surface area contributed by atoms with E-state index >= 15 is 0 Å². The van der Waals surface area contributed by atoms with Crippen molar-refractivity contribution in [3.63, 3.8) is 0 Å². The van der Waals surface area contributed by atoms with Gasteiger partial charge >= 0.3 is 5.69 Å². The molecule has 0 saturated carbocycles. The molecule has 0 aliphatic carbocycles. The van der Waals surface area contributed by atoms with Crippen LogP contribution in [0.4, 0.5) is 5.69 Å². The van der Waals surface area contributed by atoms with Gasteiger partial charge in [-0.2, -0.15) is 0 Å². The van der Waals surface area contributed by atoms with E-state index in [1.807, 2.05) is 0 Å². The van der Waals surface area contributed by atoms with Crippen LogP contribution < -0.4 is 0 Å². The minimum absolute atomic E-state index is 0.0539. The van der Waals surface area contributed by atoms with Crippen LogP contribution in [0.1, 0.15) is 0 Å². The standard InChI is InChI=1S/C7H5ClN4O2S/c8-7-10-4-15(11-7)6-5(12(13)14)2-1-3-9-6/h1-4,7H. The van der Waals surface area contributed by atoms with Crippen molar-refractivity contribution < 1.29 is 4.92 Å². The van der Waals surface area contributed by atoms with E-state index in [0.717, 1.165) is 0 Å². The fraction of sp³-hybridized carbons (Fsp3) is 0.143. The van der Waals surface area contributed by atoms with Gasteiger partial charge in [-0.1, -0.05) is 11.6 Å². The highest BCUT2D eigenvalue weighted by molar-refractivity contribution is 8.00. The van der Waals surface area contributed by atoms with E-state index in [1.54, 1.807) is 0 Å². The summed E-state index contributed by atoms with van der Waals surface area (Å²) in [5.74, 6) is 0. The number of pyridine rings is 1. The van der Waals surface area contributed by atoms with E-state index in [9.17, 15) is 10.1 Å². The van der Waals surface area contributed by atoms with Gasteiger partial charge in [-0.3, -0.25) is 10.1 Å². The Labute approximate surface area is 92.3 Å². The van der Waals surface area contributed by atoms with Crippen molar-refractivity contribution in [2.45, 2.75) is 10.7 Å². The van der Waals surface area contributed by atoms with Gasteiger partial charge in [0, 0.05) is 23.0 Å². The Morgan fingerprint density at radius 3 is 3.00 bits per heavy atom. The molecule has 1 aliphatic heterocycles. The number of hydrogen-bond acceptors (Lipinski definition) is 5. The number of hydrogen-bond donors (Lipinski definition) is 0. The summed E-state index contributed by atoms with van der Waals surface area (Å²) in [7, 11) is -0.804. The summed E-state index contributed by atoms with van der Waals surface area (Å²) >= 11 is 5.63. The lowest BCUT2D eigenvalue weighted by Gasteiger charge is -1.98. The molecule has 8 heteroatoms. The zero-order valence-electron chi connectivity index (χ0n) is 7.28. The molecule has 78 valence electrons. The van der Waals surface area contributed by atoms with Crippen molar-refractivity contribution in [3.8, 4) is 0 Å². The molecule has 1 aromatic rings. The second kappa shape index (κ2) is 4.03. The average molecular weight is 245 g/mol. The van der Waals surface area contributed by atoms with Gasteiger partial charge in [0.2, 0.25) is 5.62 Å². The van der Waals surface area contributed by atoms with Crippen molar-refractivity contribution >= 4 is 33.5 Å². The summed E-state index contributed by atoms with van der Waals surface area (Å²) < 4.78 is 4.01. The van der Waals surface area contributed by atoms with Gasteiger partial charge in [-0.25, -0.2) is 14.3 Å². The lowest BCUT2D eigenvalue weighted by Crippen LogP contribution is -2.00. The number of nitro groups is 1. The Morgan fingerprint density at radius 2 is 2.40 bits per heavy atom. The molecule has 2 unspecified atom stereocenters. The van der Waals surface area contributed by atoms with Gasteiger partial charge in [-0.15, -0.1) is 0 Å². The molecule has 0 saturated heterocycles. The van der Waals surface area contributed by atoms with E-state index < -0.39 is 21.2 Å². The SMILES string of the molecule is O=[N+]([O-])c1cccnc1S1=NC(Cl)N=C1. The quantitative estimate of drug-likeness (QED) is 0.344. The zero-order valence-corrected chi connectivity index (χ0v) is 8.85. The molecule has 1 aromatic heterocycles. The molecule has 2 atom stereocenters. The molecule has 1 aliphatic rings. The molecule has 0 bridgehead atoms. The van der Waals surface area contributed by atoms with Gasteiger partial charge in [0.15, 0.2) is 5.03 Å². The number of alkyl halides is 1. The van der Waals surface area contributed by atoms with Gasteiger partial charge in [0.25, 0.3) is 0 Å². The molecule has 0 amide bonds. The van der Waals surface area contributed by atoms with E-state index in [-0.39, 0.29) is 5.69 Å². The molecule has 0 aromatic carbocycles. The molecule has 0 spiro atoms. The van der Waals surface area contributed by atoms with Crippen LogP contribution >= 0.6 is 11.6 Å². The third-order valence-electron chi connectivity index (χ3n) is 1.63. The first-order valence-corrected chi connectivity index (χ1v) is 5.57. The topological polar surface area (TPSA) is 80.8 Å². The van der Waals surface area contributed by atoms with Crippen molar-refractivity contribution in [1.29, 1.82) is 0 Å². The second-order valence-electron chi connectivity index (χ2n) is 2.57. The van der Waals surface area contributed by atoms with Crippen LogP contribution in [0.2, 0.25) is 0 Å². The number of aromatic nitrogens is 1. The molecule has 2 heterocycles. The van der Waals surface area contributed by atoms with Crippen molar-refractivity contribution in [2.75, 3.05) is 0 Å². The summed E-state index contributed by atoms with van der Waals surface area (Å²) in [4.78, 5) is 18.0. The third-order valence-corrected chi connectivity index (χ3v) is 3.42. The lowest BCUT2D eigenvalue weighted by atomic mass is 10.4. The Kier molecular flexibility index (Phi) is 2.74. The maximum Gasteiger partial charge on any atom is 0.302 e. The molecule has 0 N–H and O–H groups in total. The highest BCUT2D eigenvalue weighted by Crippen LogP contribution is 2.23. The van der Waals surface area contributed by atoms with Gasteiger partial charge < -0.3 is 0 Å². The monoisotopic (exact) mass is 244 g/mol. The van der Waals surface area contributed by atoms with E-state index in [4.69, 9.17) is 11.6 Å². The molecular weight excluding hydrogens is 240 g/mol. The maximum atomic E-state index is 10.7. The number of halogens is 1. The molecular formula is C7H5ClN4O2S. The third kappa shape index (κ3) is 2.02. The van der Waals surface area contributed by atoms with Crippen molar-refractivity contribution in [3.05, 3.63) is 28.4 Å². The van der Waals surface area contributed by atoms with Crippen LogP contribution in [0.25, 0.3) is 0 Å². The van der Waals surface area contributed by atoms with E-state index in [0.29, 0.717) is 5.03 Å². The fourth-order valence-corrected chi connectivity index (χ4v) is 2.67. The predicted octanol–water partition coefficient (Wildman–Crippen LogP) is 1.71. The van der Waals surface area contributed by atoms with E-state index in [2.05, 4.69) is 14.3 Å². The van der Waals surface area contributed by atoms with Crippen LogP contribution in [0.5, 0.6) is 0 Å². The molecule has 15 heavy (non-hydrogen) atoms. The highest BCUT2D eigenvalue weighted by atomic mass is 35.5. The first-order valence-electron chi connectivity index (χ1n) is 3.89. The number of rotatable bonds is 2. The summed E-state index contributed by atoms with van der Waals surface area (Å²) in [6.45, 7) is 0. The maximum absolute atomic E-state index is 10.7. The van der Waals surface area contributed by atoms with Gasteiger partial charge in [0.1, 0.15) is 0 Å².